The Balaban J connectivity index is 1.25. The highest BCUT2D eigenvalue weighted by Gasteiger charge is 2.27. The molecule has 0 bridgehead atoms. The first-order valence-corrected chi connectivity index (χ1v) is 10.9. The fourth-order valence-electron chi connectivity index (χ4n) is 4.04. The largest absolute Gasteiger partial charge is 0.343 e. The molecule has 1 aliphatic rings. The van der Waals surface area contributed by atoms with Gasteiger partial charge in [0.25, 0.3) is 5.91 Å². The maximum absolute atomic E-state index is 12.6. The van der Waals surface area contributed by atoms with Gasteiger partial charge in [-0.2, -0.15) is 0 Å². The van der Waals surface area contributed by atoms with Gasteiger partial charge in [-0.05, 0) is 36.1 Å². The zero-order valence-electron chi connectivity index (χ0n) is 17.9. The number of piperidine rings is 1. The summed E-state index contributed by atoms with van der Waals surface area (Å²) in [6.45, 7) is 1.02. The van der Waals surface area contributed by atoms with Crippen molar-refractivity contribution in [2.24, 2.45) is 5.92 Å². The van der Waals surface area contributed by atoms with Crippen molar-refractivity contribution >= 4 is 17.6 Å². The Hall–Kier alpha value is -3.73. The smallest absolute Gasteiger partial charge is 0.251 e. The summed E-state index contributed by atoms with van der Waals surface area (Å²) in [5, 5.41) is 2.72. The van der Waals surface area contributed by atoms with Crippen LogP contribution in [0.2, 0.25) is 0 Å². The summed E-state index contributed by atoms with van der Waals surface area (Å²) in [5.41, 5.74) is 3.36. The molecule has 0 spiro atoms. The zero-order valence-corrected chi connectivity index (χ0v) is 17.9. The predicted molar refractivity (Wildman–Crippen MR) is 124 cm³/mol. The van der Waals surface area contributed by atoms with Crippen LogP contribution in [0.15, 0.2) is 84.9 Å². The van der Waals surface area contributed by atoms with Crippen molar-refractivity contribution in [3.8, 4) is 11.1 Å². The van der Waals surface area contributed by atoms with E-state index >= 15 is 0 Å². The molecule has 3 aromatic rings. The number of nitrogens with one attached hydrogen (secondary N) is 1. The van der Waals surface area contributed by atoms with Gasteiger partial charge < -0.3 is 10.2 Å². The summed E-state index contributed by atoms with van der Waals surface area (Å²) in [7, 11) is 0. The molecule has 0 atom stereocenters. The van der Waals surface area contributed by atoms with Gasteiger partial charge in [-0.3, -0.25) is 14.4 Å². The van der Waals surface area contributed by atoms with Gasteiger partial charge in [-0.1, -0.05) is 72.8 Å². The van der Waals surface area contributed by atoms with Crippen LogP contribution >= 0.6 is 0 Å². The molecule has 1 N–H and O–H groups in total. The van der Waals surface area contributed by atoms with Crippen molar-refractivity contribution in [3.63, 3.8) is 0 Å². The minimum absolute atomic E-state index is 0.0451. The molecule has 5 nitrogen and oxygen atoms in total. The lowest BCUT2D eigenvalue weighted by Crippen LogP contribution is -2.45. The second-order valence-electron chi connectivity index (χ2n) is 8.01. The summed E-state index contributed by atoms with van der Waals surface area (Å²) in [4.78, 5) is 39.3. The van der Waals surface area contributed by atoms with Crippen LogP contribution in [-0.2, 0) is 4.79 Å². The molecule has 0 aromatic heterocycles. The fraction of sp³-hybridized carbons (Fsp3) is 0.222. The second kappa shape index (κ2) is 10.1. The van der Waals surface area contributed by atoms with E-state index in [9.17, 15) is 14.4 Å². The topological polar surface area (TPSA) is 66.5 Å². The number of Topliss-reactive ketones (excluding diaryl/α,β-unsaturated/α-hetero) is 1. The van der Waals surface area contributed by atoms with Gasteiger partial charge in [0, 0.05) is 30.1 Å². The van der Waals surface area contributed by atoms with Crippen LogP contribution in [0.5, 0.6) is 0 Å². The molecule has 1 heterocycles. The lowest BCUT2D eigenvalue weighted by Gasteiger charge is -2.31. The van der Waals surface area contributed by atoms with Crippen LogP contribution in [-0.4, -0.2) is 42.1 Å². The van der Waals surface area contributed by atoms with Gasteiger partial charge in [0.15, 0.2) is 5.78 Å². The molecule has 0 aliphatic carbocycles. The van der Waals surface area contributed by atoms with Gasteiger partial charge in [0.2, 0.25) is 5.91 Å². The first kappa shape index (κ1) is 21.5. The van der Waals surface area contributed by atoms with Crippen molar-refractivity contribution < 1.29 is 14.4 Å². The third-order valence-electron chi connectivity index (χ3n) is 5.93. The molecular weight excluding hydrogens is 400 g/mol. The zero-order chi connectivity index (χ0) is 22.3. The molecule has 0 saturated carbocycles. The van der Waals surface area contributed by atoms with Gasteiger partial charge >= 0.3 is 0 Å². The number of carbonyl (C=O) groups excluding carboxylic acids is 3. The van der Waals surface area contributed by atoms with E-state index in [1.807, 2.05) is 72.8 Å². The van der Waals surface area contributed by atoms with Gasteiger partial charge in [0.05, 0.1) is 6.54 Å². The average Bonchev–Trinajstić information content (AvgIpc) is 2.88. The van der Waals surface area contributed by atoms with Crippen molar-refractivity contribution in [3.05, 3.63) is 96.1 Å². The Bertz CT molecular complexity index is 1070. The van der Waals surface area contributed by atoms with Crippen LogP contribution in [0.25, 0.3) is 11.1 Å². The molecule has 0 unspecified atom stereocenters. The van der Waals surface area contributed by atoms with Gasteiger partial charge in [-0.25, -0.2) is 0 Å². The third-order valence-corrected chi connectivity index (χ3v) is 5.93. The molecule has 3 aromatic carbocycles. The number of nitrogens with zero attached hydrogens (tertiary/aromatic N) is 1. The Morgan fingerprint density at radius 3 is 1.91 bits per heavy atom. The first-order chi connectivity index (χ1) is 15.6. The van der Waals surface area contributed by atoms with E-state index in [0.717, 1.165) is 16.7 Å². The first-order valence-electron chi connectivity index (χ1n) is 10.9. The summed E-state index contributed by atoms with van der Waals surface area (Å²) in [6.07, 6.45) is 1.29. The number of rotatable bonds is 6. The van der Waals surface area contributed by atoms with Crippen LogP contribution in [0, 0.1) is 5.92 Å². The number of amides is 2. The minimum atomic E-state index is -0.271. The van der Waals surface area contributed by atoms with E-state index < -0.39 is 0 Å². The Morgan fingerprint density at radius 1 is 0.719 bits per heavy atom. The number of carbonyl (C=O) groups is 3. The second-order valence-corrected chi connectivity index (χ2v) is 8.01. The number of hydrogen-bond acceptors (Lipinski definition) is 3. The molecular formula is C27H26N2O3. The molecule has 1 fully saturated rings. The lowest BCUT2D eigenvalue weighted by atomic mass is 9.89. The third kappa shape index (κ3) is 5.11. The van der Waals surface area contributed by atoms with E-state index in [4.69, 9.17) is 0 Å². The van der Waals surface area contributed by atoms with Crippen molar-refractivity contribution in [2.75, 3.05) is 19.6 Å². The molecule has 5 heteroatoms. The molecule has 32 heavy (non-hydrogen) atoms. The molecule has 162 valence electrons. The molecule has 0 radical (unpaired) electrons. The van der Waals surface area contributed by atoms with E-state index in [2.05, 4.69) is 5.32 Å². The molecule has 1 aliphatic heterocycles. The van der Waals surface area contributed by atoms with Crippen LogP contribution < -0.4 is 5.32 Å². The SMILES string of the molecule is O=C(NCC(=O)N1CCC(C(=O)c2ccccc2)CC1)c1ccc(-c2ccccc2)cc1. The number of benzene rings is 3. The summed E-state index contributed by atoms with van der Waals surface area (Å²) < 4.78 is 0. The van der Waals surface area contributed by atoms with Crippen molar-refractivity contribution in [2.45, 2.75) is 12.8 Å². The average molecular weight is 427 g/mol. The molecule has 2 amide bonds. The van der Waals surface area contributed by atoms with Crippen molar-refractivity contribution in [1.82, 2.24) is 10.2 Å². The number of hydrogen-bond donors (Lipinski definition) is 1. The van der Waals surface area contributed by atoms with E-state index in [-0.39, 0.29) is 30.1 Å². The van der Waals surface area contributed by atoms with Crippen molar-refractivity contribution in [1.29, 1.82) is 0 Å². The van der Waals surface area contributed by atoms with E-state index in [0.29, 0.717) is 31.5 Å². The maximum atomic E-state index is 12.6. The Labute approximate surface area is 188 Å². The quantitative estimate of drug-likeness (QED) is 0.601. The normalized spacial score (nSPS) is 14.1. The summed E-state index contributed by atoms with van der Waals surface area (Å²) in [5.74, 6) is -0.305. The highest BCUT2D eigenvalue weighted by molar-refractivity contribution is 5.98. The summed E-state index contributed by atoms with van der Waals surface area (Å²) >= 11 is 0. The highest BCUT2D eigenvalue weighted by atomic mass is 16.2. The summed E-state index contributed by atoms with van der Waals surface area (Å²) in [6, 6.07) is 26.6. The van der Waals surface area contributed by atoms with Gasteiger partial charge in [-0.15, -0.1) is 0 Å². The number of likely N-dealkylation sites (tertiary alicyclic amines) is 1. The predicted octanol–water partition coefficient (Wildman–Crippen LogP) is 4.20. The monoisotopic (exact) mass is 426 g/mol. The maximum Gasteiger partial charge on any atom is 0.251 e. The van der Waals surface area contributed by atoms with Crippen LogP contribution in [0.1, 0.15) is 33.6 Å². The molecule has 4 rings (SSSR count). The highest BCUT2D eigenvalue weighted by Crippen LogP contribution is 2.22. The van der Waals surface area contributed by atoms with Gasteiger partial charge in [0.1, 0.15) is 0 Å². The van der Waals surface area contributed by atoms with Crippen LogP contribution in [0.4, 0.5) is 0 Å². The van der Waals surface area contributed by atoms with Crippen LogP contribution in [0.3, 0.4) is 0 Å². The van der Waals surface area contributed by atoms with E-state index in [1.54, 1.807) is 17.0 Å². The Kier molecular flexibility index (Phi) is 6.75. The minimum Gasteiger partial charge on any atom is -0.343 e. The van der Waals surface area contributed by atoms with E-state index in [1.165, 1.54) is 0 Å². The number of ketones is 1. The Morgan fingerprint density at radius 2 is 1.28 bits per heavy atom. The fourth-order valence-corrected chi connectivity index (χ4v) is 4.04. The molecule has 1 saturated heterocycles. The standard InChI is InChI=1S/C27H26N2O3/c30-25(29-17-15-23(16-18-29)26(31)22-9-5-2-6-10-22)19-28-27(32)24-13-11-21(12-14-24)20-7-3-1-4-8-20/h1-14,23H,15-19H2,(H,28,32). The lowest BCUT2D eigenvalue weighted by molar-refractivity contribution is -0.131.